The van der Waals surface area contributed by atoms with Crippen molar-refractivity contribution in [2.45, 2.75) is 26.8 Å². The van der Waals surface area contributed by atoms with Crippen LogP contribution in [0.2, 0.25) is 0 Å². The molecule has 0 bridgehead atoms. The van der Waals surface area contributed by atoms with E-state index in [0.717, 1.165) is 0 Å². The van der Waals surface area contributed by atoms with Crippen LogP contribution in [0.5, 0.6) is 5.75 Å². The molecule has 2 rings (SSSR count). The summed E-state index contributed by atoms with van der Waals surface area (Å²) in [5.74, 6) is 0.113. The standard InChI is InChI=1S/C15H21N3O3/c1-10(2)9-17-6-7-18(11(3)14(17)20)15(21)13-5-4-12(19)8-16-13/h4-5,8,10-11,19H,6-7,9H2,1-3H3/t11-/m0/s1. The second-order valence-corrected chi connectivity index (χ2v) is 5.75. The van der Waals surface area contributed by atoms with Gasteiger partial charge in [0.1, 0.15) is 17.5 Å². The minimum Gasteiger partial charge on any atom is -0.506 e. The van der Waals surface area contributed by atoms with Gasteiger partial charge < -0.3 is 14.9 Å². The lowest BCUT2D eigenvalue weighted by Gasteiger charge is -2.39. The summed E-state index contributed by atoms with van der Waals surface area (Å²) in [6.45, 7) is 7.63. The summed E-state index contributed by atoms with van der Waals surface area (Å²) in [6.07, 6.45) is 1.23. The van der Waals surface area contributed by atoms with Crippen LogP contribution in [0.1, 0.15) is 31.3 Å². The molecule has 2 amide bonds. The SMILES string of the molecule is CC(C)CN1CCN(C(=O)c2ccc(O)cn2)[C@@H](C)C1=O. The van der Waals surface area contributed by atoms with Crippen LogP contribution in [0, 0.1) is 5.92 Å². The maximum absolute atomic E-state index is 12.4. The van der Waals surface area contributed by atoms with E-state index in [-0.39, 0.29) is 23.3 Å². The van der Waals surface area contributed by atoms with E-state index >= 15 is 0 Å². The van der Waals surface area contributed by atoms with Crippen molar-refractivity contribution >= 4 is 11.8 Å². The lowest BCUT2D eigenvalue weighted by atomic mass is 10.1. The Morgan fingerprint density at radius 1 is 1.43 bits per heavy atom. The van der Waals surface area contributed by atoms with E-state index in [0.29, 0.717) is 25.6 Å². The molecular weight excluding hydrogens is 270 g/mol. The van der Waals surface area contributed by atoms with Gasteiger partial charge in [-0.1, -0.05) is 13.8 Å². The number of pyridine rings is 1. The third-order valence-corrected chi connectivity index (χ3v) is 3.56. The molecule has 6 heteroatoms. The molecule has 1 fully saturated rings. The zero-order valence-corrected chi connectivity index (χ0v) is 12.6. The predicted octanol–water partition coefficient (Wildman–Crippen LogP) is 1.12. The number of carbonyl (C=O) groups excluding carboxylic acids is 2. The molecule has 1 saturated heterocycles. The third kappa shape index (κ3) is 3.32. The van der Waals surface area contributed by atoms with Crippen LogP contribution in [0.25, 0.3) is 0 Å². The fourth-order valence-corrected chi connectivity index (χ4v) is 2.49. The Bertz CT molecular complexity index is 527. The molecule has 0 aliphatic carbocycles. The molecule has 0 unspecified atom stereocenters. The van der Waals surface area contributed by atoms with Crippen LogP contribution in [0.3, 0.4) is 0 Å². The van der Waals surface area contributed by atoms with E-state index in [4.69, 9.17) is 0 Å². The number of carbonyl (C=O) groups is 2. The predicted molar refractivity (Wildman–Crippen MR) is 77.8 cm³/mol. The van der Waals surface area contributed by atoms with Gasteiger partial charge in [-0.05, 0) is 25.0 Å². The lowest BCUT2D eigenvalue weighted by Crippen LogP contribution is -2.58. The smallest absolute Gasteiger partial charge is 0.273 e. The maximum Gasteiger partial charge on any atom is 0.273 e. The first kappa shape index (κ1) is 15.3. The van der Waals surface area contributed by atoms with Crippen molar-refractivity contribution in [3.05, 3.63) is 24.0 Å². The Balaban J connectivity index is 2.10. The van der Waals surface area contributed by atoms with Gasteiger partial charge in [0.05, 0.1) is 6.20 Å². The van der Waals surface area contributed by atoms with Gasteiger partial charge in [-0.3, -0.25) is 9.59 Å². The second-order valence-electron chi connectivity index (χ2n) is 5.75. The van der Waals surface area contributed by atoms with E-state index in [9.17, 15) is 14.7 Å². The zero-order chi connectivity index (χ0) is 15.6. The quantitative estimate of drug-likeness (QED) is 0.905. The fourth-order valence-electron chi connectivity index (χ4n) is 2.49. The molecule has 1 aromatic rings. The molecular formula is C15H21N3O3. The van der Waals surface area contributed by atoms with E-state index in [1.165, 1.54) is 18.3 Å². The van der Waals surface area contributed by atoms with Crippen molar-refractivity contribution in [3.63, 3.8) is 0 Å². The highest BCUT2D eigenvalue weighted by molar-refractivity contribution is 5.96. The van der Waals surface area contributed by atoms with Crippen LogP contribution in [-0.2, 0) is 4.79 Å². The molecule has 1 atom stereocenters. The summed E-state index contributed by atoms with van der Waals surface area (Å²) in [5.41, 5.74) is 0.241. The number of aromatic nitrogens is 1. The number of rotatable bonds is 3. The first-order valence-electron chi connectivity index (χ1n) is 7.15. The van der Waals surface area contributed by atoms with E-state index in [1.807, 2.05) is 4.90 Å². The lowest BCUT2D eigenvalue weighted by molar-refractivity contribution is -0.140. The third-order valence-electron chi connectivity index (χ3n) is 3.56. The van der Waals surface area contributed by atoms with Gasteiger partial charge in [-0.2, -0.15) is 0 Å². The summed E-state index contributed by atoms with van der Waals surface area (Å²) in [6, 6.07) is 2.40. The molecule has 0 spiro atoms. The summed E-state index contributed by atoms with van der Waals surface area (Å²) in [7, 11) is 0. The van der Waals surface area contributed by atoms with E-state index < -0.39 is 6.04 Å². The molecule has 1 aromatic heterocycles. The van der Waals surface area contributed by atoms with Crippen molar-refractivity contribution in [2.24, 2.45) is 5.92 Å². The van der Waals surface area contributed by atoms with Crippen LogP contribution < -0.4 is 0 Å². The highest BCUT2D eigenvalue weighted by Crippen LogP contribution is 2.16. The molecule has 0 aromatic carbocycles. The summed E-state index contributed by atoms with van der Waals surface area (Å²) in [5, 5.41) is 9.21. The minimum absolute atomic E-state index is 0.0115. The van der Waals surface area contributed by atoms with Crippen molar-refractivity contribution in [1.29, 1.82) is 0 Å². The minimum atomic E-state index is -0.486. The van der Waals surface area contributed by atoms with Crippen LogP contribution in [0.15, 0.2) is 18.3 Å². The van der Waals surface area contributed by atoms with Crippen LogP contribution in [-0.4, -0.2) is 57.4 Å². The summed E-state index contributed by atoms with van der Waals surface area (Å²) in [4.78, 5) is 32.0. The molecule has 114 valence electrons. The second kappa shape index (κ2) is 6.11. The maximum atomic E-state index is 12.4. The molecule has 6 nitrogen and oxygen atoms in total. The average Bonchev–Trinajstić information content (AvgIpc) is 2.44. The molecule has 21 heavy (non-hydrogen) atoms. The molecule has 2 heterocycles. The topological polar surface area (TPSA) is 73.7 Å². The first-order valence-corrected chi connectivity index (χ1v) is 7.15. The Kier molecular flexibility index (Phi) is 4.45. The summed E-state index contributed by atoms with van der Waals surface area (Å²) >= 11 is 0. The van der Waals surface area contributed by atoms with Crippen LogP contribution in [0.4, 0.5) is 0 Å². The number of amides is 2. The van der Waals surface area contributed by atoms with Gasteiger partial charge in [0.15, 0.2) is 0 Å². The van der Waals surface area contributed by atoms with Crippen molar-refractivity contribution in [2.75, 3.05) is 19.6 Å². The van der Waals surface area contributed by atoms with Gasteiger partial charge >= 0.3 is 0 Å². The van der Waals surface area contributed by atoms with E-state index in [1.54, 1.807) is 11.8 Å². The Hall–Kier alpha value is -2.11. The van der Waals surface area contributed by atoms with Gasteiger partial charge in [0.2, 0.25) is 5.91 Å². The largest absolute Gasteiger partial charge is 0.506 e. The normalized spacial score (nSPS) is 19.2. The zero-order valence-electron chi connectivity index (χ0n) is 12.6. The van der Waals surface area contributed by atoms with Crippen LogP contribution >= 0.6 is 0 Å². The fraction of sp³-hybridized carbons (Fsp3) is 0.533. The van der Waals surface area contributed by atoms with Gasteiger partial charge in [-0.15, -0.1) is 0 Å². The van der Waals surface area contributed by atoms with Crippen molar-refractivity contribution in [1.82, 2.24) is 14.8 Å². The number of piperazine rings is 1. The Morgan fingerprint density at radius 2 is 2.14 bits per heavy atom. The highest BCUT2D eigenvalue weighted by atomic mass is 16.3. The van der Waals surface area contributed by atoms with Crippen molar-refractivity contribution in [3.8, 4) is 5.75 Å². The van der Waals surface area contributed by atoms with Crippen molar-refractivity contribution < 1.29 is 14.7 Å². The van der Waals surface area contributed by atoms with Gasteiger partial charge in [0.25, 0.3) is 5.91 Å². The number of aromatic hydroxyl groups is 1. The molecule has 1 N–H and O–H groups in total. The molecule has 0 saturated carbocycles. The Labute approximate surface area is 124 Å². The molecule has 0 radical (unpaired) electrons. The van der Waals surface area contributed by atoms with Gasteiger partial charge in [0, 0.05) is 19.6 Å². The molecule has 1 aliphatic heterocycles. The number of hydrogen-bond donors (Lipinski definition) is 1. The highest BCUT2D eigenvalue weighted by Gasteiger charge is 2.35. The number of nitrogens with zero attached hydrogens (tertiary/aromatic N) is 3. The average molecular weight is 291 g/mol. The number of hydrogen-bond acceptors (Lipinski definition) is 4. The first-order chi connectivity index (χ1) is 9.90. The van der Waals surface area contributed by atoms with Gasteiger partial charge in [-0.25, -0.2) is 4.98 Å². The Morgan fingerprint density at radius 3 is 2.71 bits per heavy atom. The van der Waals surface area contributed by atoms with E-state index in [2.05, 4.69) is 18.8 Å². The monoisotopic (exact) mass is 291 g/mol. The molecule has 1 aliphatic rings. The summed E-state index contributed by atoms with van der Waals surface area (Å²) < 4.78 is 0.